The molecule has 0 aromatic heterocycles. The molecule has 2 fully saturated rings. The average molecular weight is 441 g/mol. The van der Waals surface area contributed by atoms with Crippen molar-refractivity contribution < 1.29 is 14.4 Å². The first-order valence-electron chi connectivity index (χ1n) is 9.80. The van der Waals surface area contributed by atoms with Gasteiger partial charge in [0.05, 0.1) is 6.04 Å². The third-order valence-corrected chi connectivity index (χ3v) is 6.09. The molecule has 7 nitrogen and oxygen atoms in total. The van der Waals surface area contributed by atoms with E-state index in [1.165, 1.54) is 0 Å². The second-order valence-electron chi connectivity index (χ2n) is 7.49. The third kappa shape index (κ3) is 5.21. The maximum absolute atomic E-state index is 12.9. The van der Waals surface area contributed by atoms with Crippen LogP contribution >= 0.6 is 23.2 Å². The molecule has 9 heteroatoms. The summed E-state index contributed by atoms with van der Waals surface area (Å²) in [4.78, 5) is 44.5. The summed E-state index contributed by atoms with van der Waals surface area (Å²) in [6.07, 6.45) is 0. The van der Waals surface area contributed by atoms with Crippen LogP contribution < -0.4 is 0 Å². The highest BCUT2D eigenvalue weighted by atomic mass is 35.5. The minimum Gasteiger partial charge on any atom is -0.339 e. The van der Waals surface area contributed by atoms with E-state index >= 15 is 0 Å². The molecule has 0 bridgehead atoms. The van der Waals surface area contributed by atoms with Gasteiger partial charge in [-0.15, -0.1) is 0 Å². The Hall–Kier alpha value is -1.83. The molecule has 2 heterocycles. The summed E-state index contributed by atoms with van der Waals surface area (Å²) >= 11 is 12.0. The molecule has 0 N–H and O–H groups in total. The average Bonchev–Trinajstić information content (AvgIpc) is 2.71. The molecule has 2 saturated heterocycles. The summed E-state index contributed by atoms with van der Waals surface area (Å²) in [6, 6.07) is 4.59. The lowest BCUT2D eigenvalue weighted by molar-refractivity contribution is -0.142. The number of hydrogen-bond acceptors (Lipinski definition) is 4. The van der Waals surface area contributed by atoms with E-state index in [0.29, 0.717) is 68.0 Å². The minimum absolute atomic E-state index is 0.0481. The highest BCUT2D eigenvalue weighted by Gasteiger charge is 2.32. The second kappa shape index (κ2) is 9.32. The van der Waals surface area contributed by atoms with Gasteiger partial charge in [-0.3, -0.25) is 19.3 Å². The van der Waals surface area contributed by atoms with Gasteiger partial charge in [0, 0.05) is 74.9 Å². The Balaban J connectivity index is 1.52. The SMILES string of the molecule is CC(=O)N1CCN(C(=O)C(C)N2CCN(C(=O)c3cc(Cl)cc(Cl)c3)CC2)CC1. The number of rotatable bonds is 3. The van der Waals surface area contributed by atoms with Crippen LogP contribution in [0.2, 0.25) is 10.0 Å². The van der Waals surface area contributed by atoms with Gasteiger partial charge >= 0.3 is 0 Å². The molecule has 0 saturated carbocycles. The number of hydrogen-bond donors (Lipinski definition) is 0. The molecule has 1 atom stereocenters. The molecule has 1 unspecified atom stereocenters. The number of benzene rings is 1. The van der Waals surface area contributed by atoms with Crippen LogP contribution in [0.1, 0.15) is 24.2 Å². The molecular weight excluding hydrogens is 415 g/mol. The van der Waals surface area contributed by atoms with E-state index < -0.39 is 0 Å². The van der Waals surface area contributed by atoms with E-state index in [9.17, 15) is 14.4 Å². The van der Waals surface area contributed by atoms with Gasteiger partial charge in [-0.25, -0.2) is 0 Å². The van der Waals surface area contributed by atoms with Crippen molar-refractivity contribution in [3.05, 3.63) is 33.8 Å². The van der Waals surface area contributed by atoms with Crippen molar-refractivity contribution in [2.24, 2.45) is 0 Å². The molecule has 2 aliphatic heterocycles. The number of piperazine rings is 2. The molecule has 0 spiro atoms. The summed E-state index contributed by atoms with van der Waals surface area (Å²) in [5.41, 5.74) is 0.475. The Labute approximate surface area is 181 Å². The molecule has 0 radical (unpaired) electrons. The summed E-state index contributed by atoms with van der Waals surface area (Å²) < 4.78 is 0. The number of halogens is 2. The first-order chi connectivity index (χ1) is 13.8. The Bertz CT molecular complexity index is 768. The largest absolute Gasteiger partial charge is 0.339 e. The first kappa shape index (κ1) is 21.9. The van der Waals surface area contributed by atoms with Crippen molar-refractivity contribution in [1.82, 2.24) is 19.6 Å². The van der Waals surface area contributed by atoms with Crippen molar-refractivity contribution in [3.8, 4) is 0 Å². The van der Waals surface area contributed by atoms with Crippen LogP contribution in [0.25, 0.3) is 0 Å². The van der Waals surface area contributed by atoms with Crippen LogP contribution in [-0.4, -0.2) is 95.7 Å². The van der Waals surface area contributed by atoms with Crippen molar-refractivity contribution >= 4 is 40.9 Å². The van der Waals surface area contributed by atoms with E-state index in [0.717, 1.165) is 0 Å². The molecule has 3 rings (SSSR count). The first-order valence-corrected chi connectivity index (χ1v) is 10.6. The quantitative estimate of drug-likeness (QED) is 0.718. The van der Waals surface area contributed by atoms with Crippen LogP contribution in [0.4, 0.5) is 0 Å². The summed E-state index contributed by atoms with van der Waals surface area (Å²) in [5, 5.41) is 0.868. The molecule has 1 aromatic rings. The lowest BCUT2D eigenvalue weighted by atomic mass is 10.1. The fourth-order valence-corrected chi connectivity index (χ4v) is 4.36. The maximum atomic E-state index is 12.9. The minimum atomic E-state index is -0.253. The maximum Gasteiger partial charge on any atom is 0.254 e. The second-order valence-corrected chi connectivity index (χ2v) is 8.37. The predicted molar refractivity (Wildman–Crippen MR) is 112 cm³/mol. The van der Waals surface area contributed by atoms with Crippen LogP contribution in [-0.2, 0) is 9.59 Å². The lowest BCUT2D eigenvalue weighted by Gasteiger charge is -2.41. The van der Waals surface area contributed by atoms with E-state index in [1.807, 2.05) is 11.8 Å². The molecule has 3 amide bonds. The van der Waals surface area contributed by atoms with Crippen LogP contribution in [0.3, 0.4) is 0 Å². The van der Waals surface area contributed by atoms with Crippen molar-refractivity contribution in [3.63, 3.8) is 0 Å². The Morgan fingerprint density at radius 2 is 1.28 bits per heavy atom. The van der Waals surface area contributed by atoms with Crippen LogP contribution in [0.5, 0.6) is 0 Å². The normalized spacial score (nSPS) is 19.2. The van der Waals surface area contributed by atoms with Crippen molar-refractivity contribution in [2.45, 2.75) is 19.9 Å². The summed E-state index contributed by atoms with van der Waals surface area (Å²) in [5.74, 6) is 0.0231. The molecule has 29 heavy (non-hydrogen) atoms. The zero-order valence-corrected chi connectivity index (χ0v) is 18.2. The fraction of sp³-hybridized carbons (Fsp3) is 0.550. The van der Waals surface area contributed by atoms with Gasteiger partial charge in [-0.05, 0) is 25.1 Å². The number of carbonyl (C=O) groups is 3. The van der Waals surface area contributed by atoms with Gasteiger partial charge in [0.15, 0.2) is 0 Å². The third-order valence-electron chi connectivity index (χ3n) is 5.65. The summed E-state index contributed by atoms with van der Waals surface area (Å²) in [7, 11) is 0. The monoisotopic (exact) mass is 440 g/mol. The zero-order chi connectivity index (χ0) is 21.1. The van der Waals surface area contributed by atoms with E-state index in [-0.39, 0.29) is 23.8 Å². The van der Waals surface area contributed by atoms with Gasteiger partial charge in [0.2, 0.25) is 11.8 Å². The molecule has 1 aromatic carbocycles. The molecule has 2 aliphatic rings. The Morgan fingerprint density at radius 3 is 1.79 bits per heavy atom. The van der Waals surface area contributed by atoms with Gasteiger partial charge in [0.1, 0.15) is 0 Å². The van der Waals surface area contributed by atoms with Crippen molar-refractivity contribution in [1.29, 1.82) is 0 Å². The van der Waals surface area contributed by atoms with Gasteiger partial charge in [0.25, 0.3) is 5.91 Å². The predicted octanol–water partition coefficient (Wildman–Crippen LogP) is 1.83. The van der Waals surface area contributed by atoms with Gasteiger partial charge < -0.3 is 14.7 Å². The van der Waals surface area contributed by atoms with E-state index in [4.69, 9.17) is 23.2 Å². The van der Waals surface area contributed by atoms with Crippen LogP contribution in [0, 0.1) is 0 Å². The van der Waals surface area contributed by atoms with Crippen molar-refractivity contribution in [2.75, 3.05) is 52.4 Å². The standard InChI is InChI=1S/C20H26Cl2N4O3/c1-14(19(28)25-9-5-24(6-10-25)15(2)27)23-3-7-26(8-4-23)20(29)16-11-17(21)13-18(22)12-16/h11-14H,3-10H2,1-2H3. The molecule has 158 valence electrons. The highest BCUT2D eigenvalue weighted by molar-refractivity contribution is 6.35. The number of carbonyl (C=O) groups excluding carboxylic acids is 3. The lowest BCUT2D eigenvalue weighted by Crippen LogP contribution is -2.58. The highest BCUT2D eigenvalue weighted by Crippen LogP contribution is 2.21. The topological polar surface area (TPSA) is 64.2 Å². The fourth-order valence-electron chi connectivity index (χ4n) is 3.83. The summed E-state index contributed by atoms with van der Waals surface area (Å²) in [6.45, 7) is 8.09. The smallest absolute Gasteiger partial charge is 0.254 e. The van der Waals surface area contributed by atoms with Gasteiger partial charge in [-0.1, -0.05) is 23.2 Å². The zero-order valence-electron chi connectivity index (χ0n) is 16.7. The Morgan fingerprint density at radius 1 is 0.793 bits per heavy atom. The Kier molecular flexibility index (Phi) is 7.03. The van der Waals surface area contributed by atoms with Gasteiger partial charge in [-0.2, -0.15) is 0 Å². The van der Waals surface area contributed by atoms with E-state index in [1.54, 1.807) is 34.9 Å². The number of nitrogens with zero attached hydrogens (tertiary/aromatic N) is 4. The number of amides is 3. The molecule has 0 aliphatic carbocycles. The molecular formula is C20H26Cl2N4O3. The van der Waals surface area contributed by atoms with E-state index in [2.05, 4.69) is 4.90 Å². The van der Waals surface area contributed by atoms with Crippen LogP contribution in [0.15, 0.2) is 18.2 Å².